The minimum Gasteiger partial charge on any atom is -0.359 e. The number of rotatable bonds is 2. The van der Waals surface area contributed by atoms with Crippen LogP contribution >= 0.6 is 0 Å². The van der Waals surface area contributed by atoms with E-state index in [9.17, 15) is 9.59 Å². The molecule has 4 rings (SSSR count). The molecule has 6 nitrogen and oxygen atoms in total. The molecule has 1 aromatic heterocycles. The van der Waals surface area contributed by atoms with E-state index < -0.39 is 0 Å². The predicted octanol–water partition coefficient (Wildman–Crippen LogP) is 3.05. The van der Waals surface area contributed by atoms with Gasteiger partial charge in [-0.25, -0.2) is 4.79 Å². The van der Waals surface area contributed by atoms with Crippen LogP contribution in [0.5, 0.6) is 0 Å². The normalized spacial score (nSPS) is 14.8. The molecule has 1 fully saturated rings. The molecular weight excluding hydrogens is 316 g/mol. The molecule has 25 heavy (non-hydrogen) atoms. The second-order valence-corrected chi connectivity index (χ2v) is 5.98. The Labute approximate surface area is 145 Å². The van der Waals surface area contributed by atoms with Crippen LogP contribution in [0.25, 0.3) is 10.9 Å². The molecule has 3 amide bonds. The van der Waals surface area contributed by atoms with Gasteiger partial charge in [0.1, 0.15) is 6.54 Å². The summed E-state index contributed by atoms with van der Waals surface area (Å²) >= 11 is 0. The summed E-state index contributed by atoms with van der Waals surface area (Å²) in [6, 6.07) is 17.0. The van der Waals surface area contributed by atoms with Crippen LogP contribution in [-0.2, 0) is 4.79 Å². The number of nitrogens with one attached hydrogen (secondary N) is 2. The standard InChI is InChI=1S/C19H18N4O2/c24-18-13-22(10-11-23(18)14-6-2-1-3-7-14)19(25)21-17-12-20-16-9-5-4-8-15(16)17/h1-9,12,20H,10-11,13H2,(H,21,25). The van der Waals surface area contributed by atoms with E-state index in [0.717, 1.165) is 22.3 Å². The summed E-state index contributed by atoms with van der Waals surface area (Å²) in [7, 11) is 0. The second kappa shape index (κ2) is 6.32. The minimum absolute atomic E-state index is 0.0725. The van der Waals surface area contributed by atoms with Gasteiger partial charge >= 0.3 is 6.03 Å². The monoisotopic (exact) mass is 334 g/mol. The van der Waals surface area contributed by atoms with Crippen molar-refractivity contribution in [1.29, 1.82) is 0 Å². The third-order valence-corrected chi connectivity index (χ3v) is 4.41. The highest BCUT2D eigenvalue weighted by Crippen LogP contribution is 2.23. The Morgan fingerprint density at radius 2 is 1.76 bits per heavy atom. The highest BCUT2D eigenvalue weighted by Gasteiger charge is 2.28. The van der Waals surface area contributed by atoms with Gasteiger partial charge in [0.05, 0.1) is 5.69 Å². The van der Waals surface area contributed by atoms with Gasteiger partial charge in [-0.1, -0.05) is 36.4 Å². The van der Waals surface area contributed by atoms with Gasteiger partial charge in [-0.3, -0.25) is 4.79 Å². The van der Waals surface area contributed by atoms with Crippen molar-refractivity contribution in [1.82, 2.24) is 9.88 Å². The summed E-state index contributed by atoms with van der Waals surface area (Å²) in [5.41, 5.74) is 2.55. The zero-order valence-corrected chi connectivity index (χ0v) is 13.6. The summed E-state index contributed by atoms with van der Waals surface area (Å²) in [5, 5.41) is 3.84. The first-order valence-electron chi connectivity index (χ1n) is 8.20. The number of piperazine rings is 1. The first kappa shape index (κ1) is 15.3. The van der Waals surface area contributed by atoms with Gasteiger partial charge in [-0.05, 0) is 18.2 Å². The van der Waals surface area contributed by atoms with E-state index in [2.05, 4.69) is 10.3 Å². The maximum Gasteiger partial charge on any atom is 0.322 e. The average molecular weight is 334 g/mol. The molecule has 2 N–H and O–H groups in total. The van der Waals surface area contributed by atoms with Crippen LogP contribution in [0.4, 0.5) is 16.2 Å². The molecule has 6 heteroatoms. The molecule has 0 atom stereocenters. The molecule has 0 aliphatic carbocycles. The largest absolute Gasteiger partial charge is 0.359 e. The van der Waals surface area contributed by atoms with Crippen LogP contribution in [-0.4, -0.2) is 41.5 Å². The molecule has 0 bridgehead atoms. The Hall–Kier alpha value is -3.28. The average Bonchev–Trinajstić information content (AvgIpc) is 3.05. The Kier molecular flexibility index (Phi) is 3.85. The van der Waals surface area contributed by atoms with Gasteiger partial charge < -0.3 is 20.1 Å². The quantitative estimate of drug-likeness (QED) is 0.756. The lowest BCUT2D eigenvalue weighted by Crippen LogP contribution is -2.53. The lowest BCUT2D eigenvalue weighted by Gasteiger charge is -2.34. The van der Waals surface area contributed by atoms with Crippen LogP contribution in [0.1, 0.15) is 0 Å². The molecule has 2 heterocycles. The molecule has 1 aliphatic heterocycles. The molecule has 0 radical (unpaired) electrons. The number of hydrogen-bond donors (Lipinski definition) is 2. The Balaban J connectivity index is 1.45. The van der Waals surface area contributed by atoms with E-state index in [-0.39, 0.29) is 18.5 Å². The van der Waals surface area contributed by atoms with Crippen molar-refractivity contribution >= 4 is 34.2 Å². The van der Waals surface area contributed by atoms with Gasteiger partial charge in [0.25, 0.3) is 0 Å². The van der Waals surface area contributed by atoms with Crippen LogP contribution in [0, 0.1) is 0 Å². The fourth-order valence-electron chi connectivity index (χ4n) is 3.10. The first-order chi connectivity index (χ1) is 12.2. The number of anilines is 2. The fraction of sp³-hybridized carbons (Fsp3) is 0.158. The van der Waals surface area contributed by atoms with E-state index in [1.54, 1.807) is 16.0 Å². The number of fused-ring (bicyclic) bond motifs is 1. The van der Waals surface area contributed by atoms with E-state index in [0.29, 0.717) is 13.1 Å². The number of hydrogen-bond acceptors (Lipinski definition) is 2. The molecule has 0 spiro atoms. The Bertz CT molecular complexity index is 919. The topological polar surface area (TPSA) is 68.4 Å². The third-order valence-electron chi connectivity index (χ3n) is 4.41. The van der Waals surface area contributed by atoms with Crippen LogP contribution in [0.3, 0.4) is 0 Å². The van der Waals surface area contributed by atoms with E-state index >= 15 is 0 Å². The molecular formula is C19H18N4O2. The van der Waals surface area contributed by atoms with Gasteiger partial charge in [0.15, 0.2) is 0 Å². The minimum atomic E-state index is -0.259. The van der Waals surface area contributed by atoms with Gasteiger partial charge in [0.2, 0.25) is 5.91 Å². The number of nitrogens with zero attached hydrogens (tertiary/aromatic N) is 2. The van der Waals surface area contributed by atoms with Crippen molar-refractivity contribution in [3.63, 3.8) is 0 Å². The molecule has 1 aliphatic rings. The number of amides is 3. The van der Waals surface area contributed by atoms with Crippen molar-refractivity contribution in [3.05, 3.63) is 60.8 Å². The Morgan fingerprint density at radius 3 is 2.56 bits per heavy atom. The predicted molar refractivity (Wildman–Crippen MR) is 97.7 cm³/mol. The SMILES string of the molecule is O=C(Nc1c[nH]c2ccccc12)N1CCN(c2ccccc2)C(=O)C1. The third kappa shape index (κ3) is 2.94. The first-order valence-corrected chi connectivity index (χ1v) is 8.20. The number of carbonyl (C=O) groups excluding carboxylic acids is 2. The second-order valence-electron chi connectivity index (χ2n) is 5.98. The van der Waals surface area contributed by atoms with Gasteiger partial charge in [-0.15, -0.1) is 0 Å². The lowest BCUT2D eigenvalue weighted by atomic mass is 10.2. The fourth-order valence-corrected chi connectivity index (χ4v) is 3.10. The van der Waals surface area contributed by atoms with Crippen molar-refractivity contribution in [3.8, 4) is 0 Å². The van der Waals surface area contributed by atoms with Gasteiger partial charge in [0, 0.05) is 35.9 Å². The van der Waals surface area contributed by atoms with Gasteiger partial charge in [-0.2, -0.15) is 0 Å². The maximum atomic E-state index is 12.5. The van der Waals surface area contributed by atoms with Crippen molar-refractivity contribution in [2.24, 2.45) is 0 Å². The number of H-pyrrole nitrogens is 1. The lowest BCUT2D eigenvalue weighted by molar-refractivity contribution is -0.120. The molecule has 3 aromatic rings. The van der Waals surface area contributed by atoms with Crippen molar-refractivity contribution < 1.29 is 9.59 Å². The number of aromatic amines is 1. The van der Waals surface area contributed by atoms with Crippen molar-refractivity contribution in [2.75, 3.05) is 29.9 Å². The van der Waals surface area contributed by atoms with Crippen LogP contribution in [0.2, 0.25) is 0 Å². The van der Waals surface area contributed by atoms with E-state index in [1.165, 1.54) is 0 Å². The maximum absolute atomic E-state index is 12.5. The summed E-state index contributed by atoms with van der Waals surface area (Å²) in [6.07, 6.45) is 1.77. The Morgan fingerprint density at radius 1 is 1.00 bits per heavy atom. The highest BCUT2D eigenvalue weighted by atomic mass is 16.2. The van der Waals surface area contributed by atoms with E-state index in [1.807, 2.05) is 54.6 Å². The molecule has 0 unspecified atom stereocenters. The summed E-state index contributed by atoms with van der Waals surface area (Å²) < 4.78 is 0. The van der Waals surface area contributed by atoms with Crippen molar-refractivity contribution in [2.45, 2.75) is 0 Å². The number of para-hydroxylation sites is 2. The number of urea groups is 1. The summed E-state index contributed by atoms with van der Waals surface area (Å²) in [6.45, 7) is 1.06. The number of benzene rings is 2. The molecule has 0 saturated carbocycles. The summed E-state index contributed by atoms with van der Waals surface area (Å²) in [4.78, 5) is 31.3. The number of carbonyl (C=O) groups is 2. The highest BCUT2D eigenvalue weighted by molar-refractivity contribution is 6.03. The van der Waals surface area contributed by atoms with Crippen LogP contribution < -0.4 is 10.2 Å². The van der Waals surface area contributed by atoms with Crippen LogP contribution in [0.15, 0.2) is 60.8 Å². The number of aromatic nitrogens is 1. The molecule has 2 aromatic carbocycles. The molecule has 126 valence electrons. The molecule has 1 saturated heterocycles. The zero-order chi connectivity index (χ0) is 17.2. The summed E-state index contributed by atoms with van der Waals surface area (Å²) in [5.74, 6) is -0.0773. The zero-order valence-electron chi connectivity index (χ0n) is 13.6. The van der Waals surface area contributed by atoms with E-state index in [4.69, 9.17) is 0 Å². The smallest absolute Gasteiger partial charge is 0.322 e.